The zero-order chi connectivity index (χ0) is 13.2. The van der Waals surface area contributed by atoms with E-state index in [2.05, 4.69) is 0 Å². The standard InChI is InChI=1S/C8H11Cl7O/c1-2-3-5(9)7(12,13)8(14,15)6(10,11)4-16/h5,16H,2-4H2,1H3. The summed E-state index contributed by atoms with van der Waals surface area (Å²) in [6, 6.07) is 0. The predicted molar refractivity (Wildman–Crippen MR) is 74.9 cm³/mol. The fourth-order valence-corrected chi connectivity index (χ4v) is 2.88. The summed E-state index contributed by atoms with van der Waals surface area (Å²) in [5.74, 6) is 0. The van der Waals surface area contributed by atoms with Crippen LogP contribution in [-0.2, 0) is 0 Å². The Balaban J connectivity index is 5.12. The van der Waals surface area contributed by atoms with Gasteiger partial charge in [-0.2, -0.15) is 0 Å². The van der Waals surface area contributed by atoms with Gasteiger partial charge in [-0.1, -0.05) is 83.0 Å². The maximum absolute atomic E-state index is 9.01. The van der Waals surface area contributed by atoms with Crippen molar-refractivity contribution in [2.75, 3.05) is 6.61 Å². The molecule has 8 heteroatoms. The van der Waals surface area contributed by atoms with Crippen molar-refractivity contribution < 1.29 is 5.11 Å². The van der Waals surface area contributed by atoms with E-state index >= 15 is 0 Å². The molecule has 1 nitrogen and oxygen atoms in total. The number of halogens is 7. The topological polar surface area (TPSA) is 20.2 Å². The van der Waals surface area contributed by atoms with E-state index in [0.29, 0.717) is 6.42 Å². The van der Waals surface area contributed by atoms with Gasteiger partial charge in [0.25, 0.3) is 0 Å². The Kier molecular flexibility index (Phi) is 7.23. The molecule has 98 valence electrons. The summed E-state index contributed by atoms with van der Waals surface area (Å²) < 4.78 is -5.72. The highest BCUT2D eigenvalue weighted by atomic mass is 35.5. The van der Waals surface area contributed by atoms with Crippen molar-refractivity contribution in [2.45, 2.75) is 38.1 Å². The van der Waals surface area contributed by atoms with Crippen LogP contribution in [0.2, 0.25) is 0 Å². The van der Waals surface area contributed by atoms with Gasteiger partial charge in [-0.3, -0.25) is 0 Å². The lowest BCUT2D eigenvalue weighted by Crippen LogP contribution is -2.55. The Morgan fingerprint density at radius 3 is 1.81 bits per heavy atom. The Bertz CT molecular complexity index is 228. The van der Waals surface area contributed by atoms with Gasteiger partial charge in [-0.15, -0.1) is 11.6 Å². The molecule has 0 aliphatic heterocycles. The largest absolute Gasteiger partial charge is 0.393 e. The molecule has 0 spiro atoms. The minimum absolute atomic E-state index is 0.477. The summed E-state index contributed by atoms with van der Waals surface area (Å²) in [5, 5.41) is 8.26. The zero-order valence-electron chi connectivity index (χ0n) is 8.29. The highest BCUT2D eigenvalue weighted by molar-refractivity contribution is 6.70. The smallest absolute Gasteiger partial charge is 0.187 e. The summed E-state index contributed by atoms with van der Waals surface area (Å²) in [6.07, 6.45) is 1.21. The van der Waals surface area contributed by atoms with Gasteiger partial charge < -0.3 is 5.11 Å². The molecule has 1 atom stereocenters. The van der Waals surface area contributed by atoms with Crippen LogP contribution in [0.3, 0.4) is 0 Å². The molecule has 0 radical (unpaired) electrons. The molecular weight excluding hydrogens is 360 g/mol. The molecule has 0 aromatic carbocycles. The minimum atomic E-state index is -2.01. The third kappa shape index (κ3) is 3.51. The van der Waals surface area contributed by atoms with Crippen molar-refractivity contribution in [1.82, 2.24) is 0 Å². The second-order valence-electron chi connectivity index (χ2n) is 3.32. The van der Waals surface area contributed by atoms with Crippen LogP contribution in [0.4, 0.5) is 0 Å². The first-order valence-corrected chi connectivity index (χ1v) is 7.13. The summed E-state index contributed by atoms with van der Waals surface area (Å²) in [4.78, 5) is 0. The predicted octanol–water partition coefficient (Wildman–Crippen LogP) is 4.91. The van der Waals surface area contributed by atoms with Gasteiger partial charge in [0.05, 0.1) is 12.0 Å². The van der Waals surface area contributed by atoms with Crippen LogP contribution < -0.4 is 0 Å². The monoisotopic (exact) mass is 368 g/mol. The quantitative estimate of drug-likeness (QED) is 0.658. The Morgan fingerprint density at radius 1 is 1.06 bits per heavy atom. The van der Waals surface area contributed by atoms with Crippen LogP contribution >= 0.6 is 81.2 Å². The van der Waals surface area contributed by atoms with Crippen LogP contribution in [0.15, 0.2) is 0 Å². The van der Waals surface area contributed by atoms with E-state index in [1.54, 1.807) is 0 Å². The van der Waals surface area contributed by atoms with E-state index in [1.165, 1.54) is 0 Å². The lowest BCUT2D eigenvalue weighted by molar-refractivity contribution is 0.264. The number of aliphatic hydroxyl groups excluding tert-OH is 1. The van der Waals surface area contributed by atoms with Crippen molar-refractivity contribution in [3.8, 4) is 0 Å². The van der Waals surface area contributed by atoms with E-state index in [9.17, 15) is 0 Å². The summed E-state index contributed by atoms with van der Waals surface area (Å²) in [6.45, 7) is 1.18. The average Bonchev–Trinajstić information content (AvgIpc) is 2.17. The Labute approximate surface area is 130 Å². The van der Waals surface area contributed by atoms with Gasteiger partial charge in [0, 0.05) is 0 Å². The SMILES string of the molecule is CCCC(Cl)C(Cl)(Cl)C(Cl)(Cl)C(Cl)(Cl)CO. The van der Waals surface area contributed by atoms with Crippen LogP contribution in [0.5, 0.6) is 0 Å². The van der Waals surface area contributed by atoms with E-state index in [4.69, 9.17) is 86.3 Å². The molecule has 0 aliphatic carbocycles. The van der Waals surface area contributed by atoms with Gasteiger partial charge in [-0.05, 0) is 6.42 Å². The molecule has 0 aromatic rings. The maximum atomic E-state index is 9.01. The third-order valence-corrected chi connectivity index (χ3v) is 6.70. The minimum Gasteiger partial charge on any atom is -0.393 e. The lowest BCUT2D eigenvalue weighted by Gasteiger charge is -2.42. The third-order valence-electron chi connectivity index (χ3n) is 2.01. The first-order valence-electron chi connectivity index (χ1n) is 4.43. The van der Waals surface area contributed by atoms with E-state index in [1.807, 2.05) is 6.92 Å². The Hall–Kier alpha value is 1.99. The summed E-state index contributed by atoms with van der Waals surface area (Å²) >= 11 is 41.4. The Morgan fingerprint density at radius 2 is 1.50 bits per heavy atom. The number of hydrogen-bond acceptors (Lipinski definition) is 1. The highest BCUT2D eigenvalue weighted by Gasteiger charge is 2.62. The molecule has 0 bridgehead atoms. The number of alkyl halides is 7. The van der Waals surface area contributed by atoms with Crippen LogP contribution in [0, 0.1) is 0 Å². The van der Waals surface area contributed by atoms with E-state index in [-0.39, 0.29) is 0 Å². The molecule has 0 saturated heterocycles. The molecule has 16 heavy (non-hydrogen) atoms. The average molecular weight is 371 g/mol. The first kappa shape index (κ1) is 18.0. The molecule has 0 aromatic heterocycles. The molecule has 1 N–H and O–H groups in total. The summed E-state index contributed by atoms with van der Waals surface area (Å²) in [7, 11) is 0. The summed E-state index contributed by atoms with van der Waals surface area (Å²) in [5.41, 5.74) is 0. The zero-order valence-corrected chi connectivity index (χ0v) is 13.6. The lowest BCUT2D eigenvalue weighted by atomic mass is 10.1. The van der Waals surface area contributed by atoms with Gasteiger partial charge in [0.1, 0.15) is 0 Å². The number of rotatable bonds is 6. The number of aliphatic hydroxyl groups is 1. The molecule has 0 rings (SSSR count). The maximum Gasteiger partial charge on any atom is 0.187 e. The molecule has 0 fully saturated rings. The fourth-order valence-electron chi connectivity index (χ4n) is 0.975. The number of hydrogen-bond donors (Lipinski definition) is 1. The molecule has 0 heterocycles. The van der Waals surface area contributed by atoms with Crippen LogP contribution in [-0.4, -0.2) is 30.1 Å². The molecule has 0 amide bonds. The van der Waals surface area contributed by atoms with E-state index < -0.39 is 25.0 Å². The van der Waals surface area contributed by atoms with Crippen molar-refractivity contribution in [1.29, 1.82) is 0 Å². The molecular formula is C8H11Cl7O. The van der Waals surface area contributed by atoms with Crippen molar-refractivity contribution in [3.63, 3.8) is 0 Å². The van der Waals surface area contributed by atoms with Crippen LogP contribution in [0.25, 0.3) is 0 Å². The van der Waals surface area contributed by atoms with Crippen molar-refractivity contribution in [2.24, 2.45) is 0 Å². The van der Waals surface area contributed by atoms with Gasteiger partial charge in [-0.25, -0.2) is 0 Å². The first-order chi connectivity index (χ1) is 7.04. The normalized spacial score (nSPS) is 16.3. The highest BCUT2D eigenvalue weighted by Crippen LogP contribution is 2.57. The van der Waals surface area contributed by atoms with Gasteiger partial charge in [0.15, 0.2) is 13.0 Å². The second kappa shape index (κ2) is 6.43. The van der Waals surface area contributed by atoms with Crippen molar-refractivity contribution >= 4 is 81.2 Å². The second-order valence-corrected chi connectivity index (χ2v) is 8.04. The molecule has 0 saturated carbocycles. The molecule has 1 unspecified atom stereocenters. The van der Waals surface area contributed by atoms with Crippen LogP contribution in [0.1, 0.15) is 19.8 Å². The van der Waals surface area contributed by atoms with Gasteiger partial charge >= 0.3 is 0 Å². The van der Waals surface area contributed by atoms with Crippen molar-refractivity contribution in [3.05, 3.63) is 0 Å². The fraction of sp³-hybridized carbons (Fsp3) is 1.00. The van der Waals surface area contributed by atoms with Gasteiger partial charge in [0.2, 0.25) is 0 Å². The molecule has 0 aliphatic rings. The van der Waals surface area contributed by atoms with E-state index in [0.717, 1.165) is 6.42 Å².